The minimum absolute atomic E-state index is 1.27. The lowest BCUT2D eigenvalue weighted by Crippen LogP contribution is -2.29. The van der Waals surface area contributed by atoms with Crippen LogP contribution in [0.4, 0.5) is 5.69 Å². The third kappa shape index (κ3) is 2.32. The number of pyridine rings is 1. The van der Waals surface area contributed by atoms with E-state index < -0.39 is 0 Å². The topological polar surface area (TPSA) is 7.12 Å². The Morgan fingerprint density at radius 2 is 1.87 bits per heavy atom. The molecule has 0 saturated heterocycles. The van der Waals surface area contributed by atoms with E-state index in [1.165, 1.54) is 37.6 Å². The number of thioether (sulfide) groups is 1. The van der Waals surface area contributed by atoms with E-state index in [2.05, 4.69) is 91.3 Å². The molecule has 1 aliphatic heterocycles. The average molecular weight is 319 g/mol. The zero-order valence-electron chi connectivity index (χ0n) is 13.6. The van der Waals surface area contributed by atoms with Gasteiger partial charge >= 0.3 is 0 Å². The third-order valence-electron chi connectivity index (χ3n) is 4.43. The first kappa shape index (κ1) is 14.3. The number of anilines is 1. The van der Waals surface area contributed by atoms with Gasteiger partial charge in [0.25, 0.3) is 0 Å². The normalized spacial score (nSPS) is 15.4. The average Bonchev–Trinajstić information content (AvgIpc) is 2.87. The van der Waals surface area contributed by atoms with Crippen molar-refractivity contribution in [1.29, 1.82) is 0 Å². The fraction of sp³-hybridized carbons (Fsp3) is 0.150. The Kier molecular flexibility index (Phi) is 3.38. The SMILES string of the molecule is Cc1cccc2c(/C=C3\Sc4ccccc4N3C)cc[n+](C)c12. The first-order valence-electron chi connectivity index (χ1n) is 7.75. The van der Waals surface area contributed by atoms with E-state index in [4.69, 9.17) is 0 Å². The molecule has 1 aliphatic rings. The molecule has 0 atom stereocenters. The van der Waals surface area contributed by atoms with Crippen LogP contribution in [0.3, 0.4) is 0 Å². The first-order chi connectivity index (χ1) is 11.1. The Bertz CT molecular complexity index is 935. The van der Waals surface area contributed by atoms with Gasteiger partial charge in [0, 0.05) is 23.6 Å². The highest BCUT2D eigenvalue weighted by molar-refractivity contribution is 8.03. The number of para-hydroxylation sites is 2. The van der Waals surface area contributed by atoms with Gasteiger partial charge in [-0.05, 0) is 36.8 Å². The van der Waals surface area contributed by atoms with Crippen molar-refractivity contribution >= 4 is 34.4 Å². The van der Waals surface area contributed by atoms with Gasteiger partial charge < -0.3 is 4.90 Å². The molecule has 0 radical (unpaired) electrons. The number of aryl methyl sites for hydroxylation is 2. The molecule has 2 nitrogen and oxygen atoms in total. The molecule has 0 amide bonds. The summed E-state index contributed by atoms with van der Waals surface area (Å²) in [5.74, 6) is 0. The maximum atomic E-state index is 2.30. The lowest BCUT2D eigenvalue weighted by Gasteiger charge is -2.13. The van der Waals surface area contributed by atoms with E-state index in [1.807, 2.05) is 11.8 Å². The van der Waals surface area contributed by atoms with Gasteiger partial charge in [-0.3, -0.25) is 0 Å². The number of hydrogen-bond donors (Lipinski definition) is 0. The molecule has 23 heavy (non-hydrogen) atoms. The highest BCUT2D eigenvalue weighted by Crippen LogP contribution is 2.45. The number of fused-ring (bicyclic) bond motifs is 2. The fourth-order valence-electron chi connectivity index (χ4n) is 3.22. The Balaban J connectivity index is 1.86. The molecule has 0 bridgehead atoms. The fourth-order valence-corrected chi connectivity index (χ4v) is 4.32. The molecule has 0 saturated carbocycles. The summed E-state index contributed by atoms with van der Waals surface area (Å²) < 4.78 is 2.20. The van der Waals surface area contributed by atoms with Crippen LogP contribution in [-0.4, -0.2) is 7.05 Å². The quantitative estimate of drug-likeness (QED) is 0.609. The van der Waals surface area contributed by atoms with E-state index in [9.17, 15) is 0 Å². The first-order valence-corrected chi connectivity index (χ1v) is 8.57. The van der Waals surface area contributed by atoms with Crippen LogP contribution in [0.15, 0.2) is 64.7 Å². The molecule has 0 N–H and O–H groups in total. The zero-order chi connectivity index (χ0) is 16.0. The van der Waals surface area contributed by atoms with E-state index >= 15 is 0 Å². The van der Waals surface area contributed by atoms with Gasteiger partial charge in [-0.2, -0.15) is 0 Å². The Labute approximate surface area is 141 Å². The molecule has 3 aromatic rings. The summed E-state index contributed by atoms with van der Waals surface area (Å²) in [7, 11) is 4.25. The molecule has 0 unspecified atom stereocenters. The van der Waals surface area contributed by atoms with Crippen LogP contribution in [-0.2, 0) is 7.05 Å². The van der Waals surface area contributed by atoms with Gasteiger partial charge in [-0.25, -0.2) is 4.57 Å². The largest absolute Gasteiger partial charge is 0.338 e. The minimum atomic E-state index is 1.27. The Hall–Kier alpha value is -2.26. The van der Waals surface area contributed by atoms with Crippen molar-refractivity contribution in [2.24, 2.45) is 7.05 Å². The molecule has 3 heteroatoms. The number of nitrogens with zero attached hydrogens (tertiary/aromatic N) is 2. The predicted octanol–water partition coefficient (Wildman–Crippen LogP) is 4.51. The molecule has 0 aliphatic carbocycles. The van der Waals surface area contributed by atoms with Crippen LogP contribution < -0.4 is 9.47 Å². The van der Waals surface area contributed by atoms with Crippen LogP contribution in [0, 0.1) is 6.92 Å². The molecule has 1 aromatic heterocycles. The van der Waals surface area contributed by atoms with Gasteiger partial charge in [0.2, 0.25) is 5.52 Å². The second kappa shape index (κ2) is 5.43. The third-order valence-corrected chi connectivity index (χ3v) is 5.60. The van der Waals surface area contributed by atoms with Crippen LogP contribution in [0.5, 0.6) is 0 Å². The van der Waals surface area contributed by atoms with Gasteiger partial charge in [0.05, 0.1) is 16.1 Å². The molecular formula is C20H19N2S+. The zero-order valence-corrected chi connectivity index (χ0v) is 14.4. The van der Waals surface area contributed by atoms with Crippen molar-refractivity contribution in [2.45, 2.75) is 11.8 Å². The summed E-state index contributed by atoms with van der Waals surface area (Å²) in [6.45, 7) is 2.17. The lowest BCUT2D eigenvalue weighted by atomic mass is 10.1. The second-order valence-corrected chi connectivity index (χ2v) is 7.03. The summed E-state index contributed by atoms with van der Waals surface area (Å²) in [5.41, 5.74) is 5.15. The van der Waals surface area contributed by atoms with E-state index in [0.29, 0.717) is 0 Å². The lowest BCUT2D eigenvalue weighted by molar-refractivity contribution is -0.645. The van der Waals surface area contributed by atoms with Crippen molar-refractivity contribution in [3.8, 4) is 0 Å². The van der Waals surface area contributed by atoms with Gasteiger partial charge in [0.15, 0.2) is 6.20 Å². The maximum absolute atomic E-state index is 2.30. The summed E-state index contributed by atoms with van der Waals surface area (Å²) >= 11 is 1.84. The number of aromatic nitrogens is 1. The van der Waals surface area contributed by atoms with Crippen molar-refractivity contribution in [3.63, 3.8) is 0 Å². The summed E-state index contributed by atoms with van der Waals surface area (Å²) in [6.07, 6.45) is 4.45. The molecule has 4 rings (SSSR count). The standard InChI is InChI=1S/C20H19N2S/c1-14-7-6-8-16-15(11-12-21(2)20(14)16)13-19-22(3)17-9-4-5-10-18(17)23-19/h4-13H,1-3H3/q+1. The molecule has 2 aromatic carbocycles. The van der Waals surface area contributed by atoms with Crippen molar-refractivity contribution in [1.82, 2.24) is 0 Å². The van der Waals surface area contributed by atoms with Crippen LogP contribution in [0.2, 0.25) is 0 Å². The maximum Gasteiger partial charge on any atom is 0.215 e. The molecule has 0 fully saturated rings. The summed E-state index contributed by atoms with van der Waals surface area (Å²) in [4.78, 5) is 3.59. The van der Waals surface area contributed by atoms with Crippen molar-refractivity contribution < 1.29 is 4.57 Å². The Morgan fingerprint density at radius 3 is 2.70 bits per heavy atom. The number of benzene rings is 2. The molecule has 114 valence electrons. The minimum Gasteiger partial charge on any atom is -0.338 e. The van der Waals surface area contributed by atoms with Gasteiger partial charge in [0.1, 0.15) is 7.05 Å². The summed E-state index contributed by atoms with van der Waals surface area (Å²) in [5, 5.41) is 2.57. The van der Waals surface area contributed by atoms with Crippen molar-refractivity contribution in [3.05, 3.63) is 70.9 Å². The highest BCUT2D eigenvalue weighted by Gasteiger charge is 2.22. The number of rotatable bonds is 1. The Morgan fingerprint density at radius 1 is 1.04 bits per heavy atom. The predicted molar refractivity (Wildman–Crippen MR) is 98.5 cm³/mol. The van der Waals surface area contributed by atoms with Gasteiger partial charge in [-0.15, -0.1) is 0 Å². The number of hydrogen-bond acceptors (Lipinski definition) is 2. The highest BCUT2D eigenvalue weighted by atomic mass is 32.2. The summed E-state index contributed by atoms with van der Waals surface area (Å²) in [6, 6.07) is 17.3. The molecule has 2 heterocycles. The smallest absolute Gasteiger partial charge is 0.215 e. The van der Waals surface area contributed by atoms with Crippen LogP contribution >= 0.6 is 11.8 Å². The monoisotopic (exact) mass is 319 g/mol. The van der Waals surface area contributed by atoms with Gasteiger partial charge in [-0.1, -0.05) is 36.0 Å². The van der Waals surface area contributed by atoms with Crippen LogP contribution in [0.1, 0.15) is 11.1 Å². The molecule has 0 spiro atoms. The van der Waals surface area contributed by atoms with E-state index in [-0.39, 0.29) is 0 Å². The van der Waals surface area contributed by atoms with Crippen molar-refractivity contribution in [2.75, 3.05) is 11.9 Å². The van der Waals surface area contributed by atoms with E-state index in [0.717, 1.165) is 0 Å². The van der Waals surface area contributed by atoms with E-state index in [1.54, 1.807) is 0 Å². The molecular weight excluding hydrogens is 300 g/mol. The van der Waals surface area contributed by atoms with Crippen LogP contribution in [0.25, 0.3) is 17.0 Å². The second-order valence-electron chi connectivity index (χ2n) is 5.96.